The van der Waals surface area contributed by atoms with Crippen LogP contribution in [0.5, 0.6) is 0 Å². The molecule has 3 aliphatic heterocycles. The van der Waals surface area contributed by atoms with Gasteiger partial charge in [-0.2, -0.15) is 0 Å². The Balaban J connectivity index is 1.69. The van der Waals surface area contributed by atoms with Crippen molar-refractivity contribution in [1.29, 1.82) is 0 Å². The Morgan fingerprint density at radius 3 is 2.53 bits per heavy atom. The molecule has 0 radical (unpaired) electrons. The van der Waals surface area contributed by atoms with Crippen LogP contribution in [-0.2, 0) is 19.1 Å². The summed E-state index contributed by atoms with van der Waals surface area (Å²) in [6.45, 7) is 11.1. The van der Waals surface area contributed by atoms with Crippen LogP contribution in [0.1, 0.15) is 40.4 Å². The first-order chi connectivity index (χ1) is 13.9. The van der Waals surface area contributed by atoms with Gasteiger partial charge in [-0.3, -0.25) is 14.4 Å². The smallest absolute Gasteiger partial charge is 0.246 e. The van der Waals surface area contributed by atoms with Gasteiger partial charge in [0, 0.05) is 17.6 Å². The topological polar surface area (TPSA) is 114 Å². The van der Waals surface area contributed by atoms with E-state index >= 15 is 0 Å². The van der Waals surface area contributed by atoms with Gasteiger partial charge in [0.2, 0.25) is 17.7 Å². The number of carbonyl (C=O) groups excluding carboxylic acids is 3. The van der Waals surface area contributed by atoms with Crippen molar-refractivity contribution in [3.63, 3.8) is 0 Å². The zero-order chi connectivity index (χ0) is 22.0. The van der Waals surface area contributed by atoms with Crippen LogP contribution in [0.3, 0.4) is 0 Å². The maximum Gasteiger partial charge on any atom is 0.246 e. The fraction of sp³-hybridized carbons (Fsp3) is 0.619. The third-order valence-corrected chi connectivity index (χ3v) is 5.80. The van der Waals surface area contributed by atoms with Gasteiger partial charge in [0.15, 0.2) is 5.82 Å². The molecule has 5 atom stereocenters. The first-order valence-corrected chi connectivity index (χ1v) is 10.2. The van der Waals surface area contributed by atoms with Gasteiger partial charge in [0.1, 0.15) is 17.4 Å². The van der Waals surface area contributed by atoms with Gasteiger partial charge in [0.25, 0.3) is 0 Å². The summed E-state index contributed by atoms with van der Waals surface area (Å²) in [6.07, 6.45) is 2.99. The molecule has 0 saturated carbocycles. The highest BCUT2D eigenvalue weighted by molar-refractivity contribution is 6.02. The third kappa shape index (κ3) is 3.03. The van der Waals surface area contributed by atoms with Crippen molar-refractivity contribution in [2.45, 2.75) is 70.9 Å². The van der Waals surface area contributed by atoms with E-state index in [9.17, 15) is 14.4 Å². The Bertz CT molecular complexity index is 930. The molecule has 4 rings (SSSR count). The van der Waals surface area contributed by atoms with E-state index in [0.717, 1.165) is 0 Å². The molecule has 0 unspecified atom stereocenters. The van der Waals surface area contributed by atoms with Gasteiger partial charge in [-0.1, -0.05) is 17.3 Å². The monoisotopic (exact) mass is 416 g/mol. The Hall–Kier alpha value is -2.68. The highest BCUT2D eigenvalue weighted by Crippen LogP contribution is 2.55. The predicted octanol–water partition coefficient (Wildman–Crippen LogP) is 1.40. The normalized spacial score (nSPS) is 32.1. The molecule has 0 aromatic carbocycles. The number of aryl methyl sites for hydroxylation is 1. The Kier molecular flexibility index (Phi) is 4.57. The van der Waals surface area contributed by atoms with Crippen molar-refractivity contribution < 1.29 is 23.6 Å². The number of anilines is 1. The summed E-state index contributed by atoms with van der Waals surface area (Å²) in [5, 5.41) is 9.48. The van der Waals surface area contributed by atoms with Crippen LogP contribution in [0, 0.1) is 18.8 Å². The molecule has 1 aromatic heterocycles. The fourth-order valence-corrected chi connectivity index (χ4v) is 4.83. The summed E-state index contributed by atoms with van der Waals surface area (Å²) in [5.41, 5.74) is -1.64. The molecular formula is C21H28N4O5. The number of nitrogens with one attached hydrogen (secondary N) is 2. The van der Waals surface area contributed by atoms with Crippen LogP contribution in [0.25, 0.3) is 0 Å². The summed E-state index contributed by atoms with van der Waals surface area (Å²) >= 11 is 0. The summed E-state index contributed by atoms with van der Waals surface area (Å²) < 4.78 is 11.2. The van der Waals surface area contributed by atoms with Crippen LogP contribution < -0.4 is 10.6 Å². The average molecular weight is 416 g/mol. The van der Waals surface area contributed by atoms with Crippen LogP contribution in [-0.4, -0.2) is 57.1 Å². The Morgan fingerprint density at radius 1 is 1.27 bits per heavy atom. The molecule has 3 amide bonds. The minimum absolute atomic E-state index is 0.230. The summed E-state index contributed by atoms with van der Waals surface area (Å²) in [7, 11) is 0. The average Bonchev–Trinajstić information content (AvgIpc) is 3.33. The standard InChI is InChI=1S/C21H28N4O5/c1-10(2)25-16(18(27)23-20(4,5)6)21-8-7-12(29-21)14(15(21)19(25)28)17(26)22-13-9-11(3)30-24-13/h7-10,12,14-16H,1-6H3,(H,23,27)(H,22,24,26)/t12-,14-,15+,16-,21+/m1/s1. The van der Waals surface area contributed by atoms with Gasteiger partial charge >= 0.3 is 0 Å². The molecule has 4 heterocycles. The summed E-state index contributed by atoms with van der Waals surface area (Å²) in [5.74, 6) is -1.60. The van der Waals surface area contributed by atoms with E-state index in [1.807, 2.05) is 34.6 Å². The zero-order valence-corrected chi connectivity index (χ0v) is 18.1. The number of carbonyl (C=O) groups is 3. The summed E-state index contributed by atoms with van der Waals surface area (Å²) in [4.78, 5) is 41.4. The van der Waals surface area contributed by atoms with Crippen LogP contribution in [0.15, 0.2) is 22.7 Å². The number of rotatable bonds is 4. The Labute approximate surface area is 175 Å². The fourth-order valence-electron chi connectivity index (χ4n) is 4.83. The first kappa shape index (κ1) is 20.6. The molecular weight excluding hydrogens is 388 g/mol. The number of hydrogen-bond donors (Lipinski definition) is 2. The van der Waals surface area contributed by atoms with Crippen molar-refractivity contribution in [1.82, 2.24) is 15.4 Å². The van der Waals surface area contributed by atoms with Crippen molar-refractivity contribution in [3.05, 3.63) is 24.0 Å². The van der Waals surface area contributed by atoms with Gasteiger partial charge in [0.05, 0.1) is 17.9 Å². The lowest BCUT2D eigenvalue weighted by Crippen LogP contribution is -2.59. The predicted molar refractivity (Wildman–Crippen MR) is 107 cm³/mol. The SMILES string of the molecule is Cc1cc(NC(=O)[C@H]2[C@H]3C(=O)N(C(C)C)[C@H](C(=O)NC(C)(C)C)[C@]34C=C[C@H]2O4)no1. The third-order valence-electron chi connectivity index (χ3n) is 5.80. The van der Waals surface area contributed by atoms with E-state index in [4.69, 9.17) is 9.26 Å². The van der Waals surface area contributed by atoms with E-state index in [-0.39, 0.29) is 29.6 Å². The number of fused-ring (bicyclic) bond motifs is 1. The number of amides is 3. The second-order valence-corrected chi connectivity index (χ2v) is 9.59. The van der Waals surface area contributed by atoms with E-state index in [2.05, 4.69) is 15.8 Å². The van der Waals surface area contributed by atoms with E-state index in [1.165, 1.54) is 0 Å². The van der Waals surface area contributed by atoms with Crippen molar-refractivity contribution >= 4 is 23.5 Å². The maximum atomic E-state index is 13.5. The minimum atomic E-state index is -1.16. The summed E-state index contributed by atoms with van der Waals surface area (Å²) in [6, 6.07) is 0.530. The number of likely N-dealkylation sites (tertiary alicyclic amines) is 1. The number of aromatic nitrogens is 1. The molecule has 162 valence electrons. The zero-order valence-electron chi connectivity index (χ0n) is 18.1. The second-order valence-electron chi connectivity index (χ2n) is 9.59. The van der Waals surface area contributed by atoms with Gasteiger partial charge in [-0.15, -0.1) is 0 Å². The van der Waals surface area contributed by atoms with Crippen molar-refractivity contribution in [3.8, 4) is 0 Å². The van der Waals surface area contributed by atoms with E-state index in [1.54, 1.807) is 30.0 Å². The van der Waals surface area contributed by atoms with E-state index < -0.39 is 35.1 Å². The second kappa shape index (κ2) is 6.66. The highest BCUT2D eigenvalue weighted by atomic mass is 16.5. The largest absolute Gasteiger partial charge is 0.360 e. The lowest BCUT2D eigenvalue weighted by atomic mass is 9.74. The van der Waals surface area contributed by atoms with Gasteiger partial charge in [-0.05, 0) is 41.5 Å². The maximum absolute atomic E-state index is 13.5. The minimum Gasteiger partial charge on any atom is -0.360 e. The molecule has 2 fully saturated rings. The van der Waals surface area contributed by atoms with E-state index in [0.29, 0.717) is 5.76 Å². The number of hydrogen-bond acceptors (Lipinski definition) is 6. The molecule has 2 saturated heterocycles. The molecule has 1 aromatic rings. The van der Waals surface area contributed by atoms with Crippen LogP contribution >= 0.6 is 0 Å². The highest BCUT2D eigenvalue weighted by Gasteiger charge is 2.73. The quantitative estimate of drug-likeness (QED) is 0.717. The first-order valence-electron chi connectivity index (χ1n) is 10.2. The molecule has 2 N–H and O–H groups in total. The van der Waals surface area contributed by atoms with Crippen molar-refractivity contribution in [2.75, 3.05) is 5.32 Å². The molecule has 2 bridgehead atoms. The number of ether oxygens (including phenoxy) is 1. The molecule has 1 spiro atoms. The molecule has 3 aliphatic rings. The van der Waals surface area contributed by atoms with Gasteiger partial charge in [-0.25, -0.2) is 0 Å². The van der Waals surface area contributed by atoms with Crippen molar-refractivity contribution in [2.24, 2.45) is 11.8 Å². The van der Waals surface area contributed by atoms with Gasteiger partial charge < -0.3 is 24.8 Å². The lowest BCUT2D eigenvalue weighted by molar-refractivity contribution is -0.143. The molecule has 30 heavy (non-hydrogen) atoms. The molecule has 9 heteroatoms. The van der Waals surface area contributed by atoms with Crippen LogP contribution in [0.2, 0.25) is 0 Å². The number of nitrogens with zero attached hydrogens (tertiary/aromatic N) is 2. The molecule has 9 nitrogen and oxygen atoms in total. The molecule has 0 aliphatic carbocycles. The lowest BCUT2D eigenvalue weighted by Gasteiger charge is -2.36. The van der Waals surface area contributed by atoms with Crippen LogP contribution in [0.4, 0.5) is 5.82 Å². The Morgan fingerprint density at radius 2 is 1.97 bits per heavy atom.